The van der Waals surface area contributed by atoms with E-state index in [9.17, 15) is 14.7 Å². The topological polar surface area (TPSA) is 104 Å². The number of hydrogen-bond donors (Lipinski definition) is 1. The van der Waals surface area contributed by atoms with Crippen molar-refractivity contribution in [3.8, 4) is 11.8 Å². The van der Waals surface area contributed by atoms with Crippen LogP contribution in [0, 0.1) is 11.3 Å². The molecule has 1 aliphatic heterocycles. The molecule has 1 aliphatic rings. The molecule has 0 bridgehead atoms. The molecule has 1 amide bonds. The Bertz CT molecular complexity index is 1230. The van der Waals surface area contributed by atoms with Gasteiger partial charge in [0.25, 0.3) is 11.7 Å². The third-order valence-corrected chi connectivity index (χ3v) is 5.08. The summed E-state index contributed by atoms with van der Waals surface area (Å²) in [6, 6.07) is 17.6. The van der Waals surface area contributed by atoms with E-state index in [4.69, 9.17) is 10.00 Å². The van der Waals surface area contributed by atoms with Crippen LogP contribution in [0.5, 0.6) is 5.75 Å². The molecule has 3 aromatic rings. The van der Waals surface area contributed by atoms with Crippen molar-refractivity contribution >= 4 is 23.1 Å². The first-order valence-electron chi connectivity index (χ1n) is 9.40. The molecule has 1 unspecified atom stereocenters. The van der Waals surface area contributed by atoms with Crippen LogP contribution in [0.25, 0.3) is 5.76 Å². The van der Waals surface area contributed by atoms with E-state index in [1.54, 1.807) is 60.7 Å². The summed E-state index contributed by atoms with van der Waals surface area (Å²) in [6.45, 7) is 0. The van der Waals surface area contributed by atoms with Gasteiger partial charge in [0.1, 0.15) is 11.5 Å². The first kappa shape index (κ1) is 19.9. The summed E-state index contributed by atoms with van der Waals surface area (Å²) in [5, 5.41) is 20.1. The lowest BCUT2D eigenvalue weighted by molar-refractivity contribution is -0.132. The second-order valence-electron chi connectivity index (χ2n) is 6.84. The summed E-state index contributed by atoms with van der Waals surface area (Å²) < 4.78 is 5.31. The number of ether oxygens (including phenoxy) is 1. The molecular formula is C24H17N3O4. The van der Waals surface area contributed by atoms with Crippen molar-refractivity contribution < 1.29 is 19.4 Å². The summed E-state index contributed by atoms with van der Waals surface area (Å²) in [6.07, 6.45) is 2.98. The molecule has 0 saturated carbocycles. The zero-order valence-corrected chi connectivity index (χ0v) is 16.5. The molecule has 2 heterocycles. The lowest BCUT2D eigenvalue weighted by Gasteiger charge is -2.25. The van der Waals surface area contributed by atoms with Gasteiger partial charge in [0.2, 0.25) is 0 Å². The number of amides is 1. The van der Waals surface area contributed by atoms with Crippen molar-refractivity contribution in [3.05, 3.63) is 95.3 Å². The normalized spacial score (nSPS) is 17.4. The molecule has 7 heteroatoms. The van der Waals surface area contributed by atoms with Crippen LogP contribution in [0.2, 0.25) is 0 Å². The van der Waals surface area contributed by atoms with Gasteiger partial charge in [-0.05, 0) is 54.1 Å². The molecule has 7 nitrogen and oxygen atoms in total. The standard InChI is InChI=1S/C24H17N3O4/c1-31-19-4-2-3-17(13-19)21-20(22(28)16-9-11-26-12-10-16)23(29)24(30)27(21)18-7-5-15(14-25)6-8-18/h2-13,21,28H,1H3/b22-20-. The molecule has 1 fully saturated rings. The number of anilines is 1. The fourth-order valence-corrected chi connectivity index (χ4v) is 3.59. The van der Waals surface area contributed by atoms with Crippen molar-refractivity contribution in [1.29, 1.82) is 5.26 Å². The van der Waals surface area contributed by atoms with Gasteiger partial charge in [-0.1, -0.05) is 12.1 Å². The van der Waals surface area contributed by atoms with Gasteiger partial charge < -0.3 is 9.84 Å². The summed E-state index contributed by atoms with van der Waals surface area (Å²) in [5.74, 6) is -1.31. The Balaban J connectivity index is 1.94. The van der Waals surface area contributed by atoms with Gasteiger partial charge in [0.15, 0.2) is 0 Å². The molecule has 1 atom stereocenters. The predicted octanol–water partition coefficient (Wildman–Crippen LogP) is 3.59. The van der Waals surface area contributed by atoms with Crippen LogP contribution in [0.3, 0.4) is 0 Å². The minimum absolute atomic E-state index is 0.0335. The van der Waals surface area contributed by atoms with Crippen molar-refractivity contribution in [1.82, 2.24) is 4.98 Å². The third-order valence-electron chi connectivity index (χ3n) is 5.08. The number of aliphatic hydroxyl groups excluding tert-OH is 1. The summed E-state index contributed by atoms with van der Waals surface area (Å²) in [7, 11) is 1.52. The van der Waals surface area contributed by atoms with Crippen molar-refractivity contribution in [2.45, 2.75) is 6.04 Å². The second kappa shape index (κ2) is 8.13. The van der Waals surface area contributed by atoms with Crippen molar-refractivity contribution in [3.63, 3.8) is 0 Å². The quantitative estimate of drug-likeness (QED) is 0.400. The zero-order chi connectivity index (χ0) is 22.0. The molecule has 1 saturated heterocycles. The molecule has 0 radical (unpaired) electrons. The zero-order valence-electron chi connectivity index (χ0n) is 16.5. The Labute approximate surface area is 178 Å². The van der Waals surface area contributed by atoms with Crippen LogP contribution in [0.15, 0.2) is 78.6 Å². The maximum absolute atomic E-state index is 13.1. The molecule has 152 valence electrons. The summed E-state index contributed by atoms with van der Waals surface area (Å²) in [4.78, 5) is 31.4. The van der Waals surface area contributed by atoms with Crippen molar-refractivity contribution in [2.75, 3.05) is 12.0 Å². The third kappa shape index (κ3) is 3.51. The van der Waals surface area contributed by atoms with Gasteiger partial charge in [-0.25, -0.2) is 0 Å². The number of methoxy groups -OCH3 is 1. The summed E-state index contributed by atoms with van der Waals surface area (Å²) >= 11 is 0. The minimum Gasteiger partial charge on any atom is -0.507 e. The number of rotatable bonds is 4. The van der Waals surface area contributed by atoms with E-state index >= 15 is 0 Å². The number of nitrogens with zero attached hydrogens (tertiary/aromatic N) is 3. The Morgan fingerprint density at radius 2 is 1.81 bits per heavy atom. The number of aromatic nitrogens is 1. The lowest BCUT2D eigenvalue weighted by Crippen LogP contribution is -2.29. The monoisotopic (exact) mass is 411 g/mol. The number of ketones is 1. The average molecular weight is 411 g/mol. The van der Waals surface area contributed by atoms with E-state index in [0.29, 0.717) is 28.1 Å². The molecule has 2 aromatic carbocycles. The fraction of sp³-hybridized carbons (Fsp3) is 0.0833. The van der Waals surface area contributed by atoms with Gasteiger partial charge in [-0.15, -0.1) is 0 Å². The van der Waals surface area contributed by atoms with E-state index in [-0.39, 0.29) is 11.3 Å². The van der Waals surface area contributed by atoms with E-state index < -0.39 is 17.7 Å². The Morgan fingerprint density at radius 1 is 1.10 bits per heavy atom. The molecule has 0 spiro atoms. The largest absolute Gasteiger partial charge is 0.507 e. The van der Waals surface area contributed by atoms with Gasteiger partial charge in [0.05, 0.1) is 30.4 Å². The fourth-order valence-electron chi connectivity index (χ4n) is 3.59. The maximum atomic E-state index is 13.1. The molecule has 1 aromatic heterocycles. The van der Waals surface area contributed by atoms with Crippen LogP contribution in [0.1, 0.15) is 22.7 Å². The molecule has 1 N–H and O–H groups in total. The Morgan fingerprint density at radius 3 is 2.45 bits per heavy atom. The van der Waals surface area contributed by atoms with E-state index in [0.717, 1.165) is 0 Å². The SMILES string of the molecule is COc1cccc(C2/C(=C(/O)c3ccncc3)C(=O)C(=O)N2c2ccc(C#N)cc2)c1. The highest BCUT2D eigenvalue weighted by molar-refractivity contribution is 6.51. The second-order valence-corrected chi connectivity index (χ2v) is 6.84. The first-order chi connectivity index (χ1) is 15.0. The lowest BCUT2D eigenvalue weighted by atomic mass is 9.95. The van der Waals surface area contributed by atoms with Gasteiger partial charge in [-0.3, -0.25) is 19.5 Å². The number of pyridine rings is 1. The smallest absolute Gasteiger partial charge is 0.300 e. The Kier molecular flexibility index (Phi) is 5.21. The first-order valence-corrected chi connectivity index (χ1v) is 9.40. The highest BCUT2D eigenvalue weighted by atomic mass is 16.5. The van der Waals surface area contributed by atoms with Crippen LogP contribution in [-0.2, 0) is 9.59 Å². The number of aliphatic hydroxyl groups is 1. The van der Waals surface area contributed by atoms with Crippen LogP contribution >= 0.6 is 0 Å². The van der Waals surface area contributed by atoms with E-state index in [1.807, 2.05) is 6.07 Å². The van der Waals surface area contributed by atoms with Crippen LogP contribution < -0.4 is 9.64 Å². The number of carbonyl (C=O) groups is 2. The van der Waals surface area contributed by atoms with Crippen molar-refractivity contribution in [2.24, 2.45) is 0 Å². The minimum atomic E-state index is -0.879. The number of benzene rings is 2. The van der Waals surface area contributed by atoms with Crippen LogP contribution in [0.4, 0.5) is 5.69 Å². The average Bonchev–Trinajstić information content (AvgIpc) is 3.09. The van der Waals surface area contributed by atoms with Gasteiger partial charge in [0, 0.05) is 23.6 Å². The van der Waals surface area contributed by atoms with Gasteiger partial charge >= 0.3 is 0 Å². The summed E-state index contributed by atoms with van der Waals surface area (Å²) in [5.41, 5.74) is 1.80. The van der Waals surface area contributed by atoms with Gasteiger partial charge in [-0.2, -0.15) is 5.26 Å². The maximum Gasteiger partial charge on any atom is 0.300 e. The molecular weight excluding hydrogens is 394 g/mol. The number of Topliss-reactive ketones (excluding diaryl/α,β-unsaturated/α-hetero) is 1. The number of nitriles is 1. The molecule has 31 heavy (non-hydrogen) atoms. The highest BCUT2D eigenvalue weighted by Gasteiger charge is 2.47. The number of hydrogen-bond acceptors (Lipinski definition) is 6. The number of carbonyl (C=O) groups excluding carboxylic acids is 2. The Hall–Kier alpha value is -4.44. The van der Waals surface area contributed by atoms with Crippen LogP contribution in [-0.4, -0.2) is 28.9 Å². The molecule has 4 rings (SSSR count). The predicted molar refractivity (Wildman–Crippen MR) is 113 cm³/mol. The molecule has 0 aliphatic carbocycles. The van der Waals surface area contributed by atoms with E-state index in [1.165, 1.54) is 24.4 Å². The highest BCUT2D eigenvalue weighted by Crippen LogP contribution is 2.42. The van der Waals surface area contributed by atoms with E-state index in [2.05, 4.69) is 4.98 Å².